The van der Waals surface area contributed by atoms with E-state index in [1.807, 2.05) is 36.1 Å². The van der Waals surface area contributed by atoms with E-state index in [1.54, 1.807) is 7.11 Å². The fourth-order valence-electron chi connectivity index (χ4n) is 4.16. The first-order valence-electron chi connectivity index (χ1n) is 10.5. The van der Waals surface area contributed by atoms with Crippen LogP contribution >= 0.6 is 0 Å². The lowest BCUT2D eigenvalue weighted by atomic mass is 9.95. The third-order valence-electron chi connectivity index (χ3n) is 6.04. The third kappa shape index (κ3) is 5.47. The number of nitrogens with zero attached hydrogens (tertiary/aromatic N) is 2. The summed E-state index contributed by atoms with van der Waals surface area (Å²) in [5, 5.41) is 3.22. The molecule has 2 fully saturated rings. The van der Waals surface area contributed by atoms with E-state index in [2.05, 4.69) is 10.2 Å². The van der Waals surface area contributed by atoms with Crippen LogP contribution in [0.15, 0.2) is 24.3 Å². The molecule has 28 heavy (non-hydrogen) atoms. The van der Waals surface area contributed by atoms with Crippen molar-refractivity contribution in [3.05, 3.63) is 29.8 Å². The molecule has 1 aliphatic carbocycles. The van der Waals surface area contributed by atoms with Gasteiger partial charge in [0, 0.05) is 32.2 Å². The molecule has 0 radical (unpaired) electrons. The van der Waals surface area contributed by atoms with Gasteiger partial charge in [-0.2, -0.15) is 0 Å². The predicted molar refractivity (Wildman–Crippen MR) is 109 cm³/mol. The molecule has 3 rings (SSSR count). The van der Waals surface area contributed by atoms with E-state index in [4.69, 9.17) is 4.74 Å². The van der Waals surface area contributed by atoms with E-state index in [1.165, 1.54) is 19.3 Å². The zero-order chi connectivity index (χ0) is 19.9. The summed E-state index contributed by atoms with van der Waals surface area (Å²) in [4.78, 5) is 29.3. The molecule has 1 atom stereocenters. The number of methoxy groups -OCH3 is 1. The Morgan fingerprint density at radius 1 is 1.14 bits per heavy atom. The number of benzene rings is 1. The normalized spacial score (nSPS) is 19.9. The first-order valence-corrected chi connectivity index (χ1v) is 10.5. The van der Waals surface area contributed by atoms with Crippen LogP contribution in [0.25, 0.3) is 0 Å². The van der Waals surface area contributed by atoms with Crippen molar-refractivity contribution in [2.75, 3.05) is 33.3 Å². The summed E-state index contributed by atoms with van der Waals surface area (Å²) in [5.41, 5.74) is 0.965. The van der Waals surface area contributed by atoms with Gasteiger partial charge < -0.3 is 15.0 Å². The average molecular weight is 388 g/mol. The topological polar surface area (TPSA) is 61.9 Å². The zero-order valence-electron chi connectivity index (χ0n) is 17.2. The Morgan fingerprint density at radius 3 is 2.54 bits per heavy atom. The fraction of sp³-hybridized carbons (Fsp3) is 0.636. The molecule has 0 spiro atoms. The number of hydrogen-bond donors (Lipinski definition) is 1. The quantitative estimate of drug-likeness (QED) is 0.813. The summed E-state index contributed by atoms with van der Waals surface area (Å²) in [6, 6.07) is 7.85. The molecule has 6 nitrogen and oxygen atoms in total. The molecule has 1 heterocycles. The molecule has 1 saturated carbocycles. The predicted octanol–water partition coefficient (Wildman–Crippen LogP) is 2.22. The highest BCUT2D eigenvalue weighted by Crippen LogP contribution is 2.18. The van der Waals surface area contributed by atoms with Crippen LogP contribution in [0.4, 0.5) is 0 Å². The van der Waals surface area contributed by atoms with Gasteiger partial charge in [0.05, 0.1) is 19.6 Å². The summed E-state index contributed by atoms with van der Waals surface area (Å²) in [6.45, 7) is 4.80. The molecule has 1 aromatic rings. The van der Waals surface area contributed by atoms with E-state index in [0.29, 0.717) is 25.6 Å². The number of ether oxygens (including phenoxy) is 1. The number of amides is 2. The Morgan fingerprint density at radius 2 is 1.86 bits per heavy atom. The van der Waals surface area contributed by atoms with Crippen LogP contribution < -0.4 is 10.1 Å². The second kappa shape index (κ2) is 9.92. The van der Waals surface area contributed by atoms with E-state index in [0.717, 1.165) is 37.2 Å². The number of hydrogen-bond acceptors (Lipinski definition) is 4. The maximum Gasteiger partial charge on any atom is 0.237 e. The van der Waals surface area contributed by atoms with Gasteiger partial charge in [-0.1, -0.05) is 31.4 Å². The minimum atomic E-state index is -0.141. The molecular formula is C22H33N3O3. The van der Waals surface area contributed by atoms with Crippen molar-refractivity contribution in [3.8, 4) is 5.75 Å². The first-order chi connectivity index (χ1) is 13.6. The van der Waals surface area contributed by atoms with Crippen LogP contribution in [0.2, 0.25) is 0 Å². The summed E-state index contributed by atoms with van der Waals surface area (Å²) in [6.07, 6.45) is 6.30. The van der Waals surface area contributed by atoms with Crippen LogP contribution in [0.3, 0.4) is 0 Å². The second-order valence-electron chi connectivity index (χ2n) is 7.96. The van der Waals surface area contributed by atoms with Crippen molar-refractivity contribution in [1.29, 1.82) is 0 Å². The lowest BCUT2D eigenvalue weighted by Gasteiger charge is -2.38. The van der Waals surface area contributed by atoms with Crippen LogP contribution in [-0.2, 0) is 16.0 Å². The van der Waals surface area contributed by atoms with Gasteiger partial charge in [-0.25, -0.2) is 0 Å². The van der Waals surface area contributed by atoms with Crippen LogP contribution in [0.1, 0.15) is 44.6 Å². The average Bonchev–Trinajstić information content (AvgIpc) is 2.74. The highest BCUT2D eigenvalue weighted by molar-refractivity contribution is 5.82. The zero-order valence-corrected chi connectivity index (χ0v) is 17.2. The maximum absolute atomic E-state index is 12.6. The van der Waals surface area contributed by atoms with Crippen LogP contribution in [0, 0.1) is 0 Å². The largest absolute Gasteiger partial charge is 0.497 e. The maximum atomic E-state index is 12.6. The van der Waals surface area contributed by atoms with Crippen molar-refractivity contribution < 1.29 is 14.3 Å². The smallest absolute Gasteiger partial charge is 0.237 e. The molecule has 1 aromatic carbocycles. The summed E-state index contributed by atoms with van der Waals surface area (Å²) >= 11 is 0. The molecule has 0 bridgehead atoms. The molecule has 1 N–H and O–H groups in total. The molecular weight excluding hydrogens is 354 g/mol. The molecule has 2 aliphatic rings. The van der Waals surface area contributed by atoms with Gasteiger partial charge in [0.1, 0.15) is 5.75 Å². The van der Waals surface area contributed by atoms with Gasteiger partial charge in [0.2, 0.25) is 11.8 Å². The van der Waals surface area contributed by atoms with Crippen molar-refractivity contribution in [3.63, 3.8) is 0 Å². The minimum Gasteiger partial charge on any atom is -0.497 e. The van der Waals surface area contributed by atoms with Crippen molar-refractivity contribution in [2.45, 2.75) is 57.5 Å². The number of piperazine rings is 1. The van der Waals surface area contributed by atoms with Gasteiger partial charge in [0.25, 0.3) is 0 Å². The Hall–Kier alpha value is -2.08. The Bertz CT molecular complexity index is 665. The number of carbonyl (C=O) groups is 2. The van der Waals surface area contributed by atoms with E-state index in [9.17, 15) is 9.59 Å². The number of carbonyl (C=O) groups excluding carboxylic acids is 2. The summed E-state index contributed by atoms with van der Waals surface area (Å²) in [7, 11) is 1.63. The van der Waals surface area contributed by atoms with Gasteiger partial charge in [-0.05, 0) is 37.5 Å². The summed E-state index contributed by atoms with van der Waals surface area (Å²) in [5.74, 6) is 1.03. The second-order valence-corrected chi connectivity index (χ2v) is 7.96. The highest BCUT2D eigenvalue weighted by Gasteiger charge is 2.28. The minimum absolute atomic E-state index is 0.128. The van der Waals surface area contributed by atoms with Gasteiger partial charge in [-0.3, -0.25) is 14.5 Å². The lowest BCUT2D eigenvalue weighted by Crippen LogP contribution is -2.56. The van der Waals surface area contributed by atoms with Gasteiger partial charge >= 0.3 is 0 Å². The third-order valence-corrected chi connectivity index (χ3v) is 6.04. The van der Waals surface area contributed by atoms with Crippen molar-refractivity contribution in [1.82, 2.24) is 15.1 Å². The van der Waals surface area contributed by atoms with E-state index < -0.39 is 0 Å². The molecule has 2 amide bonds. The van der Waals surface area contributed by atoms with Crippen molar-refractivity contribution in [2.24, 2.45) is 0 Å². The molecule has 6 heteroatoms. The number of nitrogens with one attached hydrogen (secondary N) is 1. The van der Waals surface area contributed by atoms with Crippen LogP contribution in [0.5, 0.6) is 5.75 Å². The first kappa shape index (κ1) is 20.6. The fourth-order valence-corrected chi connectivity index (χ4v) is 4.16. The molecule has 0 aromatic heterocycles. The molecule has 1 saturated heterocycles. The number of rotatable bonds is 6. The van der Waals surface area contributed by atoms with Crippen molar-refractivity contribution >= 4 is 11.8 Å². The monoisotopic (exact) mass is 387 g/mol. The Labute approximate surface area is 168 Å². The lowest BCUT2D eigenvalue weighted by molar-refractivity contribution is -0.133. The van der Waals surface area contributed by atoms with E-state index in [-0.39, 0.29) is 17.9 Å². The van der Waals surface area contributed by atoms with Gasteiger partial charge in [-0.15, -0.1) is 0 Å². The Kier molecular flexibility index (Phi) is 7.31. The Balaban J connectivity index is 1.45. The van der Waals surface area contributed by atoms with Gasteiger partial charge in [0.15, 0.2) is 0 Å². The molecule has 154 valence electrons. The molecule has 1 unspecified atom stereocenters. The summed E-state index contributed by atoms with van der Waals surface area (Å²) < 4.78 is 5.23. The van der Waals surface area contributed by atoms with E-state index >= 15 is 0 Å². The molecule has 1 aliphatic heterocycles. The SMILES string of the molecule is COc1cccc(CC(=O)N2CCN(C(C)C(=O)NC3CCCCC3)CC2)c1. The standard InChI is InChI=1S/C22H33N3O3/c1-17(22(27)23-19-8-4-3-5-9-19)24-11-13-25(14-12-24)21(26)16-18-7-6-10-20(15-18)28-2/h6-7,10,15,17,19H,3-5,8-9,11-14,16H2,1-2H3,(H,23,27). The van der Waals surface area contributed by atoms with Crippen LogP contribution in [-0.4, -0.2) is 67.0 Å². The highest BCUT2D eigenvalue weighted by atomic mass is 16.5.